The highest BCUT2D eigenvalue weighted by atomic mass is 16.5. The zero-order chi connectivity index (χ0) is 12.9. The van der Waals surface area contributed by atoms with Crippen molar-refractivity contribution in [2.75, 3.05) is 31.1 Å². The highest BCUT2D eigenvalue weighted by molar-refractivity contribution is 5.43. The molecule has 0 aromatic carbocycles. The van der Waals surface area contributed by atoms with Gasteiger partial charge in [-0.15, -0.1) is 0 Å². The summed E-state index contributed by atoms with van der Waals surface area (Å²) in [6.45, 7) is 4.34. The van der Waals surface area contributed by atoms with Gasteiger partial charge in [0.25, 0.3) is 0 Å². The molecule has 1 atom stereocenters. The molecule has 1 aromatic heterocycles. The molecule has 1 N–H and O–H groups in total. The Labute approximate surface area is 115 Å². The summed E-state index contributed by atoms with van der Waals surface area (Å²) in [6, 6.07) is 4.14. The van der Waals surface area contributed by atoms with Gasteiger partial charge >= 0.3 is 0 Å². The standard InChI is InChI=1S/C15H23N3O/c1-3-13(11-16-7-1)18-9-5-14(6-10-18)19-15-4-2-8-17-12-15/h1,3,7,11,14-15,17H,2,4-6,8-10,12H2. The summed E-state index contributed by atoms with van der Waals surface area (Å²) in [5.74, 6) is 0. The number of anilines is 1. The number of hydrogen-bond donors (Lipinski definition) is 1. The lowest BCUT2D eigenvalue weighted by molar-refractivity contribution is -0.0330. The van der Waals surface area contributed by atoms with Crippen molar-refractivity contribution in [3.05, 3.63) is 24.5 Å². The Hall–Kier alpha value is -1.13. The average molecular weight is 261 g/mol. The number of pyridine rings is 1. The van der Waals surface area contributed by atoms with Crippen LogP contribution in [-0.4, -0.2) is 43.4 Å². The largest absolute Gasteiger partial charge is 0.374 e. The molecule has 4 nitrogen and oxygen atoms in total. The number of aromatic nitrogens is 1. The molecule has 1 unspecified atom stereocenters. The van der Waals surface area contributed by atoms with Gasteiger partial charge < -0.3 is 15.0 Å². The number of hydrogen-bond acceptors (Lipinski definition) is 4. The Morgan fingerprint density at radius 1 is 1.21 bits per heavy atom. The normalized spacial score (nSPS) is 25.5. The summed E-state index contributed by atoms with van der Waals surface area (Å²) in [7, 11) is 0. The van der Waals surface area contributed by atoms with Crippen LogP contribution >= 0.6 is 0 Å². The summed E-state index contributed by atoms with van der Waals surface area (Å²) in [6.07, 6.45) is 9.38. The van der Waals surface area contributed by atoms with Crippen molar-refractivity contribution >= 4 is 5.69 Å². The first kappa shape index (κ1) is 12.9. The molecule has 0 bridgehead atoms. The Morgan fingerprint density at radius 3 is 2.79 bits per heavy atom. The third-order valence-electron chi connectivity index (χ3n) is 4.09. The second kappa shape index (κ2) is 6.35. The summed E-state index contributed by atoms with van der Waals surface area (Å²) in [5, 5.41) is 3.42. The first-order valence-electron chi connectivity index (χ1n) is 7.43. The molecule has 0 saturated carbocycles. The van der Waals surface area contributed by atoms with E-state index in [0.717, 1.165) is 39.0 Å². The van der Waals surface area contributed by atoms with E-state index < -0.39 is 0 Å². The molecular formula is C15H23N3O. The highest BCUT2D eigenvalue weighted by Crippen LogP contribution is 2.22. The van der Waals surface area contributed by atoms with Gasteiger partial charge in [0.1, 0.15) is 0 Å². The lowest BCUT2D eigenvalue weighted by atomic mass is 10.1. The van der Waals surface area contributed by atoms with Crippen molar-refractivity contribution in [3.63, 3.8) is 0 Å². The van der Waals surface area contributed by atoms with Crippen molar-refractivity contribution in [1.82, 2.24) is 10.3 Å². The van der Waals surface area contributed by atoms with Crippen LogP contribution in [0, 0.1) is 0 Å². The monoisotopic (exact) mass is 261 g/mol. The van der Waals surface area contributed by atoms with E-state index in [0.29, 0.717) is 12.2 Å². The molecule has 0 amide bonds. The van der Waals surface area contributed by atoms with E-state index in [9.17, 15) is 0 Å². The van der Waals surface area contributed by atoms with E-state index in [1.165, 1.54) is 18.5 Å². The van der Waals surface area contributed by atoms with Crippen LogP contribution in [0.15, 0.2) is 24.5 Å². The molecule has 2 aliphatic heterocycles. The van der Waals surface area contributed by atoms with Gasteiger partial charge in [-0.2, -0.15) is 0 Å². The minimum atomic E-state index is 0.434. The van der Waals surface area contributed by atoms with Crippen molar-refractivity contribution in [1.29, 1.82) is 0 Å². The maximum Gasteiger partial charge on any atom is 0.0703 e. The number of nitrogens with zero attached hydrogens (tertiary/aromatic N) is 2. The first-order chi connectivity index (χ1) is 9.42. The molecule has 19 heavy (non-hydrogen) atoms. The van der Waals surface area contributed by atoms with Crippen molar-refractivity contribution < 1.29 is 4.74 Å². The number of rotatable bonds is 3. The third kappa shape index (κ3) is 3.45. The molecule has 2 saturated heterocycles. The summed E-state index contributed by atoms with van der Waals surface area (Å²) in [5.41, 5.74) is 1.24. The average Bonchev–Trinajstić information content (AvgIpc) is 2.50. The Balaban J connectivity index is 1.46. The Bertz CT molecular complexity index is 370. The van der Waals surface area contributed by atoms with Crippen LogP contribution in [0.25, 0.3) is 0 Å². The minimum absolute atomic E-state index is 0.434. The topological polar surface area (TPSA) is 37.4 Å². The fraction of sp³-hybridized carbons (Fsp3) is 0.667. The first-order valence-corrected chi connectivity index (χ1v) is 7.43. The summed E-state index contributed by atoms with van der Waals surface area (Å²) < 4.78 is 6.21. The van der Waals surface area contributed by atoms with Gasteiger partial charge in [-0.1, -0.05) is 0 Å². The summed E-state index contributed by atoms with van der Waals surface area (Å²) in [4.78, 5) is 6.60. The second-order valence-electron chi connectivity index (χ2n) is 5.50. The van der Waals surface area contributed by atoms with Crippen LogP contribution in [-0.2, 0) is 4.74 Å². The van der Waals surface area contributed by atoms with Crippen molar-refractivity contribution in [3.8, 4) is 0 Å². The second-order valence-corrected chi connectivity index (χ2v) is 5.50. The third-order valence-corrected chi connectivity index (χ3v) is 4.09. The van der Waals surface area contributed by atoms with Gasteiger partial charge in [-0.3, -0.25) is 4.98 Å². The summed E-state index contributed by atoms with van der Waals surface area (Å²) >= 11 is 0. The zero-order valence-corrected chi connectivity index (χ0v) is 11.4. The lowest BCUT2D eigenvalue weighted by Crippen LogP contribution is -2.42. The molecule has 2 fully saturated rings. The SMILES string of the molecule is c1cncc(N2CCC(OC3CCCNC3)CC2)c1. The zero-order valence-electron chi connectivity index (χ0n) is 11.4. The fourth-order valence-electron chi connectivity index (χ4n) is 3.00. The molecule has 104 valence electrons. The van der Waals surface area contributed by atoms with Gasteiger partial charge in [0, 0.05) is 25.8 Å². The quantitative estimate of drug-likeness (QED) is 0.900. The van der Waals surface area contributed by atoms with Crippen LogP contribution in [0.4, 0.5) is 5.69 Å². The van der Waals surface area contributed by atoms with E-state index in [-0.39, 0.29) is 0 Å². The van der Waals surface area contributed by atoms with Gasteiger partial charge in [-0.25, -0.2) is 0 Å². The van der Waals surface area contributed by atoms with E-state index in [1.807, 2.05) is 18.5 Å². The van der Waals surface area contributed by atoms with Crippen LogP contribution in [0.2, 0.25) is 0 Å². The highest BCUT2D eigenvalue weighted by Gasteiger charge is 2.23. The van der Waals surface area contributed by atoms with E-state index >= 15 is 0 Å². The van der Waals surface area contributed by atoms with Crippen LogP contribution < -0.4 is 10.2 Å². The number of nitrogens with one attached hydrogen (secondary N) is 1. The van der Waals surface area contributed by atoms with Gasteiger partial charge in [0.2, 0.25) is 0 Å². The predicted octanol–water partition coefficient (Wildman–Crippen LogP) is 1.82. The Morgan fingerprint density at radius 2 is 2.11 bits per heavy atom. The molecule has 3 rings (SSSR count). The van der Waals surface area contributed by atoms with Crippen LogP contribution in [0.1, 0.15) is 25.7 Å². The predicted molar refractivity (Wildman–Crippen MR) is 76.4 cm³/mol. The minimum Gasteiger partial charge on any atom is -0.374 e. The van der Waals surface area contributed by atoms with Crippen LogP contribution in [0.5, 0.6) is 0 Å². The van der Waals surface area contributed by atoms with Gasteiger partial charge in [0.15, 0.2) is 0 Å². The maximum atomic E-state index is 6.21. The fourth-order valence-corrected chi connectivity index (χ4v) is 3.00. The molecule has 4 heteroatoms. The smallest absolute Gasteiger partial charge is 0.0703 e. The molecule has 0 aliphatic carbocycles. The molecule has 0 radical (unpaired) electrons. The van der Waals surface area contributed by atoms with E-state index in [4.69, 9.17) is 4.74 Å². The van der Waals surface area contributed by atoms with E-state index in [2.05, 4.69) is 21.3 Å². The van der Waals surface area contributed by atoms with E-state index in [1.54, 1.807) is 0 Å². The van der Waals surface area contributed by atoms with Crippen molar-refractivity contribution in [2.45, 2.75) is 37.9 Å². The molecule has 1 aromatic rings. The molecule has 3 heterocycles. The number of ether oxygens (including phenoxy) is 1. The van der Waals surface area contributed by atoms with Crippen LogP contribution in [0.3, 0.4) is 0 Å². The van der Waals surface area contributed by atoms with Gasteiger partial charge in [-0.05, 0) is 44.4 Å². The van der Waals surface area contributed by atoms with Crippen molar-refractivity contribution in [2.24, 2.45) is 0 Å². The van der Waals surface area contributed by atoms with Gasteiger partial charge in [0.05, 0.1) is 24.1 Å². The lowest BCUT2D eigenvalue weighted by Gasteiger charge is -2.36. The number of piperidine rings is 2. The molecule has 0 spiro atoms. The maximum absolute atomic E-state index is 6.21. The molecular weight excluding hydrogens is 238 g/mol. The Kier molecular flexibility index (Phi) is 4.30. The molecule has 2 aliphatic rings.